The molecule has 0 saturated carbocycles. The molecular formula is C22H33Cl2P. The zero-order valence-electron chi connectivity index (χ0n) is 17.1. The molecule has 0 atom stereocenters. The zero-order chi connectivity index (χ0) is 19.0. The second kappa shape index (κ2) is 5.86. The van der Waals surface area contributed by atoms with E-state index < -0.39 is 6.63 Å². The molecular weight excluding hydrogens is 366 g/mol. The topological polar surface area (TPSA) is 0 Å². The summed E-state index contributed by atoms with van der Waals surface area (Å²) in [5.74, 6) is 0. The van der Waals surface area contributed by atoms with Crippen molar-refractivity contribution in [3.8, 4) is 0 Å². The maximum absolute atomic E-state index is 6.75. The predicted octanol–water partition coefficient (Wildman–Crippen LogP) is 7.80. The molecule has 140 valence electrons. The lowest BCUT2D eigenvalue weighted by atomic mass is 9.57. The van der Waals surface area contributed by atoms with Gasteiger partial charge in [-0.1, -0.05) is 83.9 Å². The highest BCUT2D eigenvalue weighted by Gasteiger charge is 2.46. The van der Waals surface area contributed by atoms with Gasteiger partial charge in [-0.2, -0.15) is 0 Å². The summed E-state index contributed by atoms with van der Waals surface area (Å²) >= 11 is 13.5. The molecule has 0 fully saturated rings. The highest BCUT2D eigenvalue weighted by atomic mass is 35.9. The Balaban J connectivity index is 2.51. The fraction of sp³-hybridized carbons (Fsp3) is 0.727. The third-order valence-corrected chi connectivity index (χ3v) is 8.83. The molecule has 0 amide bonds. The van der Waals surface area contributed by atoms with Crippen LogP contribution in [0.2, 0.25) is 0 Å². The van der Waals surface area contributed by atoms with Crippen LogP contribution in [0.25, 0.3) is 0 Å². The van der Waals surface area contributed by atoms with Gasteiger partial charge in [-0.3, -0.25) is 0 Å². The first kappa shape index (κ1) is 20.0. The lowest BCUT2D eigenvalue weighted by Gasteiger charge is -2.49. The summed E-state index contributed by atoms with van der Waals surface area (Å²) in [6.45, 7) is 17.9. The Hall–Kier alpha value is 0.230. The highest BCUT2D eigenvalue weighted by molar-refractivity contribution is 8.09. The van der Waals surface area contributed by atoms with Crippen LogP contribution in [-0.2, 0) is 21.7 Å². The predicted molar refractivity (Wildman–Crippen MR) is 115 cm³/mol. The summed E-state index contributed by atoms with van der Waals surface area (Å²) in [5, 5.41) is 1.29. The third kappa shape index (κ3) is 3.09. The largest absolute Gasteiger partial charge is 0.117 e. The van der Waals surface area contributed by atoms with Gasteiger partial charge in [0.2, 0.25) is 0 Å². The molecule has 0 radical (unpaired) electrons. The van der Waals surface area contributed by atoms with E-state index >= 15 is 0 Å². The lowest BCUT2D eigenvalue weighted by molar-refractivity contribution is 0.315. The lowest BCUT2D eigenvalue weighted by Crippen LogP contribution is -2.44. The summed E-state index contributed by atoms with van der Waals surface area (Å²) in [6, 6.07) is 2.54. The van der Waals surface area contributed by atoms with E-state index in [1.807, 2.05) is 0 Å². The van der Waals surface area contributed by atoms with E-state index in [9.17, 15) is 0 Å². The number of fused-ring (bicyclic) bond motifs is 2. The minimum atomic E-state index is -1.18. The van der Waals surface area contributed by atoms with Crippen molar-refractivity contribution in [1.82, 2.24) is 0 Å². The van der Waals surface area contributed by atoms with E-state index in [1.165, 1.54) is 53.2 Å². The normalized spacial score (nSPS) is 25.4. The fourth-order valence-corrected chi connectivity index (χ4v) is 7.24. The SMILES string of the molecule is CC1(C)CCC(C)(C)c2c1cc1c(c2P(Cl)Cl)C(C)(C)CCC1(C)C. The fourth-order valence-electron chi connectivity index (χ4n) is 5.04. The Labute approximate surface area is 165 Å². The van der Waals surface area contributed by atoms with Crippen LogP contribution >= 0.6 is 29.1 Å². The molecule has 0 N–H and O–H groups in total. The van der Waals surface area contributed by atoms with Crippen molar-refractivity contribution < 1.29 is 0 Å². The van der Waals surface area contributed by atoms with E-state index in [1.54, 1.807) is 0 Å². The Morgan fingerprint density at radius 3 is 1.28 bits per heavy atom. The van der Waals surface area contributed by atoms with Gasteiger partial charge in [0.1, 0.15) is 6.63 Å². The van der Waals surface area contributed by atoms with Crippen molar-refractivity contribution in [2.24, 2.45) is 0 Å². The minimum Gasteiger partial charge on any atom is -0.0727 e. The summed E-state index contributed by atoms with van der Waals surface area (Å²) < 4.78 is 0. The van der Waals surface area contributed by atoms with Crippen LogP contribution in [0.5, 0.6) is 0 Å². The molecule has 3 rings (SSSR count). The Morgan fingerprint density at radius 1 is 0.640 bits per heavy atom. The summed E-state index contributed by atoms with van der Waals surface area (Å²) in [7, 11) is 0. The molecule has 0 spiro atoms. The highest BCUT2D eigenvalue weighted by Crippen LogP contribution is 2.58. The number of hydrogen-bond acceptors (Lipinski definition) is 0. The van der Waals surface area contributed by atoms with Crippen LogP contribution in [0.4, 0.5) is 0 Å². The van der Waals surface area contributed by atoms with Crippen molar-refractivity contribution >= 4 is 34.4 Å². The molecule has 0 aliphatic heterocycles. The van der Waals surface area contributed by atoms with Crippen molar-refractivity contribution in [2.75, 3.05) is 0 Å². The molecule has 1 aromatic carbocycles. The molecule has 0 saturated heterocycles. The molecule has 3 heteroatoms. The number of hydrogen-bond donors (Lipinski definition) is 0. The molecule has 0 bridgehead atoms. The number of halogens is 2. The monoisotopic (exact) mass is 398 g/mol. The maximum atomic E-state index is 6.75. The molecule has 1 aromatic rings. The smallest absolute Gasteiger partial charge is 0.0727 e. The van der Waals surface area contributed by atoms with E-state index in [0.29, 0.717) is 0 Å². The van der Waals surface area contributed by atoms with E-state index in [4.69, 9.17) is 22.5 Å². The molecule has 0 nitrogen and oxygen atoms in total. The van der Waals surface area contributed by atoms with Crippen molar-refractivity contribution in [3.63, 3.8) is 0 Å². The third-order valence-electron chi connectivity index (χ3n) is 7.03. The quantitative estimate of drug-likeness (QED) is 0.423. The van der Waals surface area contributed by atoms with Gasteiger partial charge >= 0.3 is 0 Å². The van der Waals surface area contributed by atoms with Crippen LogP contribution in [0.15, 0.2) is 6.07 Å². The van der Waals surface area contributed by atoms with Gasteiger partial charge in [0.25, 0.3) is 0 Å². The number of rotatable bonds is 1. The van der Waals surface area contributed by atoms with Gasteiger partial charge in [0.15, 0.2) is 0 Å². The molecule has 0 heterocycles. The van der Waals surface area contributed by atoms with Gasteiger partial charge in [-0.15, -0.1) is 0 Å². The second-order valence-electron chi connectivity index (χ2n) is 10.8. The van der Waals surface area contributed by atoms with Crippen LogP contribution in [-0.4, -0.2) is 0 Å². The molecule has 2 aliphatic carbocycles. The van der Waals surface area contributed by atoms with Crippen LogP contribution in [0.1, 0.15) is 103 Å². The summed E-state index contributed by atoms with van der Waals surface area (Å²) in [5.41, 5.74) is 6.56. The first-order chi connectivity index (χ1) is 11.2. The van der Waals surface area contributed by atoms with Gasteiger partial charge in [0.05, 0.1) is 0 Å². The second-order valence-corrected chi connectivity index (χ2v) is 14.3. The molecule has 0 unspecified atom stereocenters. The Bertz CT molecular complexity index is 657. The average molecular weight is 399 g/mol. The van der Waals surface area contributed by atoms with Crippen LogP contribution in [0, 0.1) is 0 Å². The van der Waals surface area contributed by atoms with E-state index in [0.717, 1.165) is 0 Å². The first-order valence-corrected chi connectivity index (χ1v) is 12.7. The Kier molecular flexibility index (Phi) is 4.68. The number of benzene rings is 1. The summed E-state index contributed by atoms with van der Waals surface area (Å²) in [6.07, 6.45) is 4.83. The van der Waals surface area contributed by atoms with Crippen LogP contribution in [0.3, 0.4) is 0 Å². The maximum Gasteiger partial charge on any atom is 0.117 e. The molecule has 0 aromatic heterocycles. The van der Waals surface area contributed by atoms with Gasteiger partial charge in [0, 0.05) is 5.30 Å². The van der Waals surface area contributed by atoms with Gasteiger partial charge < -0.3 is 0 Å². The minimum absolute atomic E-state index is 0.136. The molecule has 2 aliphatic rings. The van der Waals surface area contributed by atoms with Gasteiger partial charge in [-0.05, 0) is 69.6 Å². The van der Waals surface area contributed by atoms with Crippen LogP contribution < -0.4 is 5.30 Å². The standard InChI is InChI=1S/C22H33Cl2P/c1-19(2)9-11-21(5,6)16-14(19)13-15-17(18(16)25(23)24)22(7,8)12-10-20(15,3)4/h13H,9-12H2,1-8H3. The first-order valence-electron chi connectivity index (χ1n) is 9.55. The van der Waals surface area contributed by atoms with E-state index in [-0.39, 0.29) is 21.7 Å². The molecule has 25 heavy (non-hydrogen) atoms. The Morgan fingerprint density at radius 2 is 0.960 bits per heavy atom. The van der Waals surface area contributed by atoms with E-state index in [2.05, 4.69) is 61.5 Å². The zero-order valence-corrected chi connectivity index (χ0v) is 19.5. The summed E-state index contributed by atoms with van der Waals surface area (Å²) in [4.78, 5) is 0. The van der Waals surface area contributed by atoms with Gasteiger partial charge in [-0.25, -0.2) is 0 Å². The van der Waals surface area contributed by atoms with Crippen molar-refractivity contribution in [1.29, 1.82) is 0 Å². The van der Waals surface area contributed by atoms with Crippen molar-refractivity contribution in [3.05, 3.63) is 28.3 Å². The van der Waals surface area contributed by atoms with Crippen molar-refractivity contribution in [2.45, 2.75) is 103 Å². The average Bonchev–Trinajstić information content (AvgIpc) is 2.47.